The number of aromatic nitrogens is 1. The van der Waals surface area contributed by atoms with E-state index in [1.54, 1.807) is 37.1 Å². The molecule has 0 aliphatic heterocycles. The van der Waals surface area contributed by atoms with Crippen molar-refractivity contribution in [2.24, 2.45) is 11.8 Å². The normalized spacial score (nSPS) is 13.0. The molecule has 2 heterocycles. The Labute approximate surface area is 207 Å². The zero-order valence-corrected chi connectivity index (χ0v) is 22.0. The van der Waals surface area contributed by atoms with Gasteiger partial charge < -0.3 is 14.4 Å². The van der Waals surface area contributed by atoms with E-state index in [1.165, 1.54) is 18.4 Å². The number of fused-ring (bicyclic) bond motifs is 1. The zero-order chi connectivity index (χ0) is 25.9. The van der Waals surface area contributed by atoms with Crippen LogP contribution in [0.5, 0.6) is 5.75 Å². The minimum atomic E-state index is -3.97. The van der Waals surface area contributed by atoms with Crippen LogP contribution in [0, 0.1) is 25.7 Å². The summed E-state index contributed by atoms with van der Waals surface area (Å²) < 4.78 is 34.5. The summed E-state index contributed by atoms with van der Waals surface area (Å²) in [6, 6.07) is 5.36. The number of sulfonamides is 1. The van der Waals surface area contributed by atoms with Crippen LogP contribution in [-0.2, 0) is 21.4 Å². The van der Waals surface area contributed by atoms with Gasteiger partial charge in [0.05, 0.1) is 23.4 Å². The number of hydrogen-bond acceptors (Lipinski definition) is 6. The Morgan fingerprint density at radius 3 is 2.51 bits per heavy atom. The van der Waals surface area contributed by atoms with E-state index < -0.39 is 16.1 Å². The smallest absolute Gasteiger partial charge is 0.241 e. The first-order chi connectivity index (χ1) is 16.4. The maximum absolute atomic E-state index is 13.8. The fourth-order valence-electron chi connectivity index (χ4n) is 4.04. The van der Waals surface area contributed by atoms with Crippen LogP contribution in [0.25, 0.3) is 11.0 Å². The van der Waals surface area contributed by atoms with Gasteiger partial charge in [-0.1, -0.05) is 27.7 Å². The van der Waals surface area contributed by atoms with E-state index in [9.17, 15) is 18.3 Å². The van der Waals surface area contributed by atoms with Crippen LogP contribution in [-0.4, -0.2) is 41.9 Å². The number of amides is 1. The van der Waals surface area contributed by atoms with E-state index in [0.717, 1.165) is 0 Å². The van der Waals surface area contributed by atoms with Gasteiger partial charge in [0.15, 0.2) is 0 Å². The van der Waals surface area contributed by atoms with E-state index in [1.807, 2.05) is 27.7 Å². The third kappa shape index (κ3) is 6.41. The first-order valence-electron chi connectivity index (χ1n) is 11.8. The molecule has 1 aromatic carbocycles. The van der Waals surface area contributed by atoms with Crippen LogP contribution in [0.4, 0.5) is 0 Å². The number of pyridine rings is 1. The third-order valence-corrected chi connectivity index (χ3v) is 7.32. The van der Waals surface area contributed by atoms with Crippen molar-refractivity contribution >= 4 is 26.9 Å². The Kier molecular flexibility index (Phi) is 8.22. The molecule has 1 atom stereocenters. The monoisotopic (exact) mass is 501 g/mol. The van der Waals surface area contributed by atoms with Gasteiger partial charge >= 0.3 is 0 Å². The molecule has 2 aromatic heterocycles. The average Bonchev–Trinajstić information content (AvgIpc) is 3.25. The minimum Gasteiger partial charge on any atom is -0.507 e. The molecule has 0 bridgehead atoms. The summed E-state index contributed by atoms with van der Waals surface area (Å²) in [7, 11) is -3.97. The van der Waals surface area contributed by atoms with Gasteiger partial charge in [0, 0.05) is 29.3 Å². The average molecular weight is 502 g/mol. The fraction of sp³-hybridized carbons (Fsp3) is 0.462. The largest absolute Gasteiger partial charge is 0.507 e. The minimum absolute atomic E-state index is 0.0735. The highest BCUT2D eigenvalue weighted by Gasteiger charge is 2.31. The number of carbonyl (C=O) groups excluding carboxylic acids is 1. The molecular weight excluding hydrogens is 466 g/mol. The highest BCUT2D eigenvalue weighted by Crippen LogP contribution is 2.25. The molecule has 0 aliphatic rings. The quantitative estimate of drug-likeness (QED) is 0.422. The summed E-state index contributed by atoms with van der Waals surface area (Å²) in [6.07, 6.45) is 3.42. The van der Waals surface area contributed by atoms with Crippen molar-refractivity contribution < 1.29 is 22.7 Å². The number of carbonyl (C=O) groups is 1. The zero-order valence-electron chi connectivity index (χ0n) is 21.2. The Hall–Kier alpha value is -2.91. The second kappa shape index (κ2) is 10.8. The summed E-state index contributed by atoms with van der Waals surface area (Å²) in [5, 5.41) is 11.0. The van der Waals surface area contributed by atoms with Crippen LogP contribution in [0.1, 0.15) is 50.9 Å². The second-order valence-electron chi connectivity index (χ2n) is 9.90. The predicted molar refractivity (Wildman–Crippen MR) is 135 cm³/mol. The molecule has 0 saturated heterocycles. The van der Waals surface area contributed by atoms with Crippen LogP contribution >= 0.6 is 0 Å². The molecule has 0 unspecified atom stereocenters. The summed E-state index contributed by atoms with van der Waals surface area (Å²) in [5.74, 6) is 0.0629. The maximum Gasteiger partial charge on any atom is 0.241 e. The van der Waals surface area contributed by atoms with Gasteiger partial charge in [0.1, 0.15) is 17.4 Å². The molecule has 9 heteroatoms. The predicted octanol–water partition coefficient (Wildman–Crippen LogP) is 4.53. The number of furan rings is 1. The Morgan fingerprint density at radius 1 is 1.14 bits per heavy atom. The fourth-order valence-corrected chi connectivity index (χ4v) is 5.27. The summed E-state index contributed by atoms with van der Waals surface area (Å²) >= 11 is 0. The Morgan fingerprint density at radius 2 is 1.86 bits per heavy atom. The van der Waals surface area contributed by atoms with Gasteiger partial charge in [0.2, 0.25) is 15.9 Å². The van der Waals surface area contributed by atoms with Gasteiger partial charge in [0.25, 0.3) is 0 Å². The van der Waals surface area contributed by atoms with E-state index in [-0.39, 0.29) is 34.9 Å². The molecule has 3 rings (SSSR count). The molecule has 3 aromatic rings. The number of rotatable bonds is 10. The topological polar surface area (TPSA) is 113 Å². The first-order valence-corrected chi connectivity index (χ1v) is 13.3. The van der Waals surface area contributed by atoms with Crippen molar-refractivity contribution in [3.63, 3.8) is 0 Å². The molecule has 1 amide bonds. The van der Waals surface area contributed by atoms with Crippen LogP contribution in [0.2, 0.25) is 0 Å². The van der Waals surface area contributed by atoms with Gasteiger partial charge in [-0.3, -0.25) is 9.78 Å². The number of aryl methyl sites for hydroxylation is 1. The first kappa shape index (κ1) is 26.7. The van der Waals surface area contributed by atoms with Crippen LogP contribution < -0.4 is 4.72 Å². The van der Waals surface area contributed by atoms with Gasteiger partial charge in [-0.2, -0.15) is 4.72 Å². The molecule has 190 valence electrons. The lowest BCUT2D eigenvalue weighted by molar-refractivity contribution is -0.134. The number of hydrogen-bond donors (Lipinski definition) is 2. The number of nitrogens with zero attached hydrogens (tertiary/aromatic N) is 2. The van der Waals surface area contributed by atoms with Crippen LogP contribution in [0.15, 0.2) is 46.0 Å². The molecule has 0 fully saturated rings. The molecule has 0 saturated carbocycles. The van der Waals surface area contributed by atoms with Crippen molar-refractivity contribution in [2.75, 3.05) is 6.54 Å². The molecule has 0 radical (unpaired) electrons. The lowest BCUT2D eigenvalue weighted by Crippen LogP contribution is -2.49. The van der Waals surface area contributed by atoms with Crippen molar-refractivity contribution in [3.05, 3.63) is 53.5 Å². The molecule has 0 spiro atoms. The highest BCUT2D eigenvalue weighted by atomic mass is 32.2. The number of aromatic hydroxyl groups is 1. The number of nitrogens with one attached hydrogen (secondary N) is 1. The standard InChI is InChI=1S/C26H35N3O5S/c1-16(2)11-22(28-35(32,33)21-7-8-24-20(12-21)9-10-34-24)26(31)29(14-17(3)4)15-23-19(6)25(30)18(5)13-27-23/h7-10,12-13,16-17,22,28H,11,14-15H2,1-6H3,(H,27,30)/t22-/m0/s1. The van der Waals surface area contributed by atoms with E-state index in [2.05, 4.69) is 9.71 Å². The van der Waals surface area contributed by atoms with Crippen molar-refractivity contribution in [2.45, 2.75) is 65.4 Å². The Bertz CT molecular complexity index is 1300. The van der Waals surface area contributed by atoms with E-state index >= 15 is 0 Å². The Balaban J connectivity index is 1.92. The van der Waals surface area contributed by atoms with E-state index in [4.69, 9.17) is 4.42 Å². The molecule has 2 N–H and O–H groups in total. The SMILES string of the molecule is Cc1cnc(CN(CC(C)C)C(=O)[C@H](CC(C)C)NS(=O)(=O)c2ccc3occc3c2)c(C)c1O. The molecule has 8 nitrogen and oxygen atoms in total. The van der Waals surface area contributed by atoms with Crippen molar-refractivity contribution in [1.29, 1.82) is 0 Å². The summed E-state index contributed by atoms with van der Waals surface area (Å²) in [6.45, 7) is 12.0. The van der Waals surface area contributed by atoms with Crippen molar-refractivity contribution in [3.8, 4) is 5.75 Å². The summed E-state index contributed by atoms with van der Waals surface area (Å²) in [5.41, 5.74) is 2.44. The summed E-state index contributed by atoms with van der Waals surface area (Å²) in [4.78, 5) is 19.9. The highest BCUT2D eigenvalue weighted by molar-refractivity contribution is 7.89. The van der Waals surface area contributed by atoms with Gasteiger partial charge in [-0.25, -0.2) is 8.42 Å². The lowest BCUT2D eigenvalue weighted by Gasteiger charge is -2.30. The van der Waals surface area contributed by atoms with Crippen molar-refractivity contribution in [1.82, 2.24) is 14.6 Å². The number of benzene rings is 1. The molecule has 35 heavy (non-hydrogen) atoms. The lowest BCUT2D eigenvalue weighted by atomic mass is 10.0. The molecule has 0 aliphatic carbocycles. The maximum atomic E-state index is 13.8. The molecular formula is C26H35N3O5S. The third-order valence-electron chi connectivity index (χ3n) is 5.85. The van der Waals surface area contributed by atoms with Gasteiger partial charge in [-0.15, -0.1) is 0 Å². The van der Waals surface area contributed by atoms with E-state index in [0.29, 0.717) is 40.8 Å². The van der Waals surface area contributed by atoms with Crippen LogP contribution in [0.3, 0.4) is 0 Å². The van der Waals surface area contributed by atoms with Gasteiger partial charge in [-0.05, 0) is 56.4 Å². The second-order valence-corrected chi connectivity index (χ2v) is 11.6.